The molecule has 1 aliphatic heterocycles. The van der Waals surface area contributed by atoms with Gasteiger partial charge in [0.2, 0.25) is 6.29 Å². The lowest BCUT2D eigenvalue weighted by Gasteiger charge is -2.40. The fourth-order valence-corrected chi connectivity index (χ4v) is 2.36. The van der Waals surface area contributed by atoms with Crippen LogP contribution in [0.15, 0.2) is 30.3 Å². The summed E-state index contributed by atoms with van der Waals surface area (Å²) in [5, 5.41) is 0. The average molecular weight is 236 g/mol. The first-order valence-corrected chi connectivity index (χ1v) is 6.32. The van der Waals surface area contributed by atoms with Gasteiger partial charge in [0.1, 0.15) is 19.6 Å². The third-order valence-corrected chi connectivity index (χ3v) is 3.28. The summed E-state index contributed by atoms with van der Waals surface area (Å²) in [6.45, 7) is 6.55. The molecule has 0 radical (unpaired) electrons. The van der Waals surface area contributed by atoms with E-state index in [1.807, 2.05) is 6.92 Å². The van der Waals surface area contributed by atoms with Gasteiger partial charge in [-0.2, -0.15) is 0 Å². The molecule has 1 saturated heterocycles. The van der Waals surface area contributed by atoms with Crippen LogP contribution in [0.5, 0.6) is 0 Å². The molecule has 17 heavy (non-hydrogen) atoms. The number of nitrogens with zero attached hydrogens (tertiary/aromatic N) is 1. The summed E-state index contributed by atoms with van der Waals surface area (Å²) in [4.78, 5) is 0. The van der Waals surface area contributed by atoms with Crippen molar-refractivity contribution in [3.8, 4) is 0 Å². The maximum absolute atomic E-state index is 5.61. The van der Waals surface area contributed by atoms with Crippen LogP contribution >= 0.6 is 0 Å². The van der Waals surface area contributed by atoms with Crippen molar-refractivity contribution >= 4 is 0 Å². The third-order valence-electron chi connectivity index (χ3n) is 3.28. The average Bonchev–Trinajstić information content (AvgIpc) is 2.30. The summed E-state index contributed by atoms with van der Waals surface area (Å²) in [6, 6.07) is 10.6. The molecule has 1 aromatic carbocycles. The molecule has 1 fully saturated rings. The van der Waals surface area contributed by atoms with Crippen molar-refractivity contribution in [2.45, 2.75) is 19.8 Å². The maximum Gasteiger partial charge on any atom is 0.207 e. The van der Waals surface area contributed by atoms with Crippen molar-refractivity contribution < 1.29 is 14.0 Å². The van der Waals surface area contributed by atoms with Gasteiger partial charge in [-0.1, -0.05) is 30.3 Å². The van der Waals surface area contributed by atoms with Gasteiger partial charge in [-0.15, -0.1) is 0 Å². The van der Waals surface area contributed by atoms with Crippen LogP contribution in [0.1, 0.15) is 12.5 Å². The van der Waals surface area contributed by atoms with Crippen LogP contribution in [0.3, 0.4) is 0 Å². The lowest BCUT2D eigenvalue weighted by molar-refractivity contribution is -0.936. The minimum absolute atomic E-state index is 0.0394. The molecule has 94 valence electrons. The van der Waals surface area contributed by atoms with Crippen LogP contribution in [0.2, 0.25) is 0 Å². The van der Waals surface area contributed by atoms with E-state index >= 15 is 0 Å². The molecule has 2 rings (SSSR count). The molecule has 2 atom stereocenters. The zero-order valence-corrected chi connectivity index (χ0v) is 10.8. The van der Waals surface area contributed by atoms with Crippen LogP contribution < -0.4 is 0 Å². The number of morpholine rings is 1. The molecular formula is C14H22NO2+. The number of quaternary nitrogens is 1. The zero-order valence-electron chi connectivity index (χ0n) is 10.8. The molecule has 0 bridgehead atoms. The number of hydrogen-bond donors (Lipinski definition) is 0. The summed E-state index contributed by atoms with van der Waals surface area (Å²) in [6.07, 6.45) is -0.0394. The number of ether oxygens (including phenoxy) is 2. The Morgan fingerprint density at radius 3 is 2.82 bits per heavy atom. The minimum atomic E-state index is -0.0394. The predicted molar refractivity (Wildman–Crippen MR) is 67.4 cm³/mol. The smallest absolute Gasteiger partial charge is 0.207 e. The number of hydrogen-bond acceptors (Lipinski definition) is 2. The summed E-state index contributed by atoms with van der Waals surface area (Å²) in [5.41, 5.74) is 1.38. The first kappa shape index (κ1) is 12.6. The van der Waals surface area contributed by atoms with Crippen molar-refractivity contribution in [3.63, 3.8) is 0 Å². The van der Waals surface area contributed by atoms with E-state index in [4.69, 9.17) is 9.47 Å². The standard InChI is InChI=1S/C14H22NO2/c1-3-16-14-12-15(2,9-10-17-14)11-13-7-5-4-6-8-13/h4-8,14H,3,9-12H2,1-2H3/q+1. The molecule has 0 amide bonds. The molecule has 3 nitrogen and oxygen atoms in total. The fourth-order valence-electron chi connectivity index (χ4n) is 2.36. The molecule has 0 aliphatic carbocycles. The van der Waals surface area contributed by atoms with Crippen molar-refractivity contribution in [1.29, 1.82) is 0 Å². The van der Waals surface area contributed by atoms with Gasteiger partial charge in [-0.3, -0.25) is 0 Å². The monoisotopic (exact) mass is 236 g/mol. The summed E-state index contributed by atoms with van der Waals surface area (Å²) < 4.78 is 12.2. The van der Waals surface area contributed by atoms with E-state index in [0.29, 0.717) is 0 Å². The molecule has 3 heteroatoms. The summed E-state index contributed by atoms with van der Waals surface area (Å²) in [5.74, 6) is 0. The first-order valence-electron chi connectivity index (χ1n) is 6.32. The second-order valence-corrected chi connectivity index (χ2v) is 4.93. The van der Waals surface area contributed by atoms with Crippen LogP contribution in [-0.4, -0.2) is 44.1 Å². The van der Waals surface area contributed by atoms with Crippen LogP contribution in [0.25, 0.3) is 0 Å². The Balaban J connectivity index is 1.98. The van der Waals surface area contributed by atoms with Gasteiger partial charge < -0.3 is 14.0 Å². The highest BCUT2D eigenvalue weighted by Crippen LogP contribution is 2.18. The molecule has 0 N–H and O–H groups in total. The van der Waals surface area contributed by atoms with Crippen molar-refractivity contribution in [2.24, 2.45) is 0 Å². The molecule has 1 aliphatic rings. The Labute approximate surface area is 104 Å². The number of likely N-dealkylation sites (N-methyl/N-ethyl adjacent to an activating group) is 1. The molecule has 0 spiro atoms. The lowest BCUT2D eigenvalue weighted by Crippen LogP contribution is -2.55. The fraction of sp³-hybridized carbons (Fsp3) is 0.571. The first-order chi connectivity index (χ1) is 8.22. The minimum Gasteiger partial charge on any atom is -0.348 e. The third kappa shape index (κ3) is 3.53. The van der Waals surface area contributed by atoms with E-state index in [0.717, 1.165) is 37.3 Å². The van der Waals surface area contributed by atoms with Gasteiger partial charge in [0.15, 0.2) is 0 Å². The quantitative estimate of drug-likeness (QED) is 0.745. The Hall–Kier alpha value is -0.900. The van der Waals surface area contributed by atoms with Gasteiger partial charge in [0.25, 0.3) is 0 Å². The Morgan fingerprint density at radius 2 is 2.12 bits per heavy atom. The molecule has 0 aromatic heterocycles. The second kappa shape index (κ2) is 5.63. The Kier molecular flexibility index (Phi) is 4.15. The van der Waals surface area contributed by atoms with Gasteiger partial charge in [-0.05, 0) is 6.92 Å². The predicted octanol–water partition coefficient (Wildman–Crippen LogP) is 2.03. The highest BCUT2D eigenvalue weighted by Gasteiger charge is 2.32. The highest BCUT2D eigenvalue weighted by molar-refractivity contribution is 5.13. The van der Waals surface area contributed by atoms with Crippen molar-refractivity contribution in [3.05, 3.63) is 35.9 Å². The van der Waals surface area contributed by atoms with Crippen molar-refractivity contribution in [2.75, 3.05) is 33.4 Å². The molecule has 1 aromatic rings. The van der Waals surface area contributed by atoms with E-state index in [2.05, 4.69) is 37.4 Å². The summed E-state index contributed by atoms with van der Waals surface area (Å²) >= 11 is 0. The largest absolute Gasteiger partial charge is 0.348 e. The van der Waals surface area contributed by atoms with Gasteiger partial charge >= 0.3 is 0 Å². The van der Waals surface area contributed by atoms with Crippen LogP contribution in [-0.2, 0) is 16.0 Å². The van der Waals surface area contributed by atoms with E-state index < -0.39 is 0 Å². The Bertz CT molecular complexity index is 339. The van der Waals surface area contributed by atoms with E-state index in [1.165, 1.54) is 5.56 Å². The zero-order chi connectivity index (χ0) is 12.1. The normalized spacial score (nSPS) is 29.2. The lowest BCUT2D eigenvalue weighted by atomic mass is 10.2. The van der Waals surface area contributed by atoms with E-state index in [1.54, 1.807) is 0 Å². The number of rotatable bonds is 4. The van der Waals surface area contributed by atoms with Crippen LogP contribution in [0.4, 0.5) is 0 Å². The summed E-state index contributed by atoms with van der Waals surface area (Å²) in [7, 11) is 2.28. The van der Waals surface area contributed by atoms with Gasteiger partial charge in [0, 0.05) is 12.2 Å². The molecule has 2 unspecified atom stereocenters. The number of benzene rings is 1. The van der Waals surface area contributed by atoms with Gasteiger partial charge in [-0.25, -0.2) is 0 Å². The van der Waals surface area contributed by atoms with Gasteiger partial charge in [0.05, 0.1) is 13.7 Å². The topological polar surface area (TPSA) is 18.5 Å². The van der Waals surface area contributed by atoms with Crippen molar-refractivity contribution in [1.82, 2.24) is 0 Å². The van der Waals surface area contributed by atoms with E-state index in [9.17, 15) is 0 Å². The Morgan fingerprint density at radius 1 is 1.35 bits per heavy atom. The van der Waals surface area contributed by atoms with Crippen LogP contribution in [0, 0.1) is 0 Å². The second-order valence-electron chi connectivity index (χ2n) is 4.93. The van der Waals surface area contributed by atoms with E-state index in [-0.39, 0.29) is 6.29 Å². The molecule has 1 heterocycles. The molecular weight excluding hydrogens is 214 g/mol. The SMILES string of the molecule is CCOC1C[N+](C)(Cc2ccccc2)CCO1. The maximum atomic E-state index is 5.61. The highest BCUT2D eigenvalue weighted by atomic mass is 16.7. The molecule has 0 saturated carbocycles.